The van der Waals surface area contributed by atoms with Gasteiger partial charge in [0.15, 0.2) is 0 Å². The van der Waals surface area contributed by atoms with Crippen molar-refractivity contribution < 1.29 is 0 Å². The van der Waals surface area contributed by atoms with Crippen LogP contribution in [-0.2, 0) is 0 Å². The van der Waals surface area contributed by atoms with Crippen LogP contribution in [0.4, 0.5) is 5.82 Å². The summed E-state index contributed by atoms with van der Waals surface area (Å²) in [6, 6.07) is 4.60. The Labute approximate surface area is 84.7 Å². The summed E-state index contributed by atoms with van der Waals surface area (Å²) in [5.41, 5.74) is 0. The fraction of sp³-hybridized carbons (Fsp3) is 0.600. The summed E-state index contributed by atoms with van der Waals surface area (Å²) < 4.78 is 0. The highest BCUT2D eigenvalue weighted by molar-refractivity contribution is 5.34. The molecule has 0 bridgehead atoms. The van der Waals surface area contributed by atoms with Crippen molar-refractivity contribution in [3.63, 3.8) is 0 Å². The van der Waals surface area contributed by atoms with E-state index in [1.54, 1.807) is 0 Å². The number of nitrogens with one attached hydrogen (secondary N) is 3. The quantitative estimate of drug-likeness (QED) is 0.649. The Morgan fingerprint density at radius 2 is 2.57 bits per heavy atom. The van der Waals surface area contributed by atoms with E-state index in [0.29, 0.717) is 6.04 Å². The molecular formula is C10H18N4. The average Bonchev–Trinajstić information content (AvgIpc) is 2.67. The molecule has 1 unspecified atom stereocenters. The predicted molar refractivity (Wildman–Crippen MR) is 58.6 cm³/mol. The van der Waals surface area contributed by atoms with Crippen LogP contribution >= 0.6 is 0 Å². The molecule has 1 aromatic heterocycles. The summed E-state index contributed by atoms with van der Waals surface area (Å²) in [4.78, 5) is 5.49. The van der Waals surface area contributed by atoms with Gasteiger partial charge in [0.2, 0.25) is 0 Å². The van der Waals surface area contributed by atoms with Crippen LogP contribution in [0.3, 0.4) is 0 Å². The van der Waals surface area contributed by atoms with Crippen molar-refractivity contribution in [2.45, 2.75) is 6.04 Å². The molecule has 0 aliphatic carbocycles. The van der Waals surface area contributed by atoms with E-state index >= 15 is 0 Å². The molecule has 2 heterocycles. The van der Waals surface area contributed by atoms with Gasteiger partial charge in [-0.25, -0.2) is 0 Å². The van der Waals surface area contributed by atoms with Crippen LogP contribution in [0.5, 0.6) is 0 Å². The first-order valence-electron chi connectivity index (χ1n) is 5.14. The Morgan fingerprint density at radius 1 is 1.64 bits per heavy atom. The van der Waals surface area contributed by atoms with Crippen molar-refractivity contribution in [1.82, 2.24) is 15.2 Å². The lowest BCUT2D eigenvalue weighted by atomic mass is 10.2. The Kier molecular flexibility index (Phi) is 3.06. The molecule has 1 aromatic rings. The topological polar surface area (TPSA) is 43.1 Å². The average molecular weight is 194 g/mol. The minimum atomic E-state index is 0.553. The largest absolute Gasteiger partial charge is 0.370 e. The lowest BCUT2D eigenvalue weighted by Gasteiger charge is -2.31. The van der Waals surface area contributed by atoms with Crippen LogP contribution in [0.1, 0.15) is 0 Å². The molecule has 0 spiro atoms. The van der Waals surface area contributed by atoms with Gasteiger partial charge >= 0.3 is 0 Å². The van der Waals surface area contributed by atoms with Gasteiger partial charge in [-0.1, -0.05) is 0 Å². The van der Waals surface area contributed by atoms with Crippen LogP contribution < -0.4 is 10.6 Å². The fourth-order valence-corrected chi connectivity index (χ4v) is 1.80. The zero-order valence-corrected chi connectivity index (χ0v) is 8.59. The molecule has 78 valence electrons. The van der Waals surface area contributed by atoms with Gasteiger partial charge in [-0.05, 0) is 19.2 Å². The van der Waals surface area contributed by atoms with Gasteiger partial charge in [0.05, 0.1) is 0 Å². The lowest BCUT2D eigenvalue weighted by molar-refractivity contribution is 0.244. The molecule has 3 N–H and O–H groups in total. The van der Waals surface area contributed by atoms with E-state index in [9.17, 15) is 0 Å². The van der Waals surface area contributed by atoms with Crippen LogP contribution in [0.25, 0.3) is 0 Å². The Morgan fingerprint density at radius 3 is 3.29 bits per heavy atom. The second-order valence-corrected chi connectivity index (χ2v) is 3.88. The van der Waals surface area contributed by atoms with E-state index in [1.807, 2.05) is 18.3 Å². The number of aromatic nitrogens is 1. The number of hydrogen-bond acceptors (Lipinski definition) is 3. The standard InChI is InChI=1S/C10H18N4/c1-14-6-5-11-9(8-14)7-13-10-3-2-4-12-10/h2-4,9,11-13H,5-8H2,1H3. The van der Waals surface area contributed by atoms with Gasteiger partial charge in [-0.3, -0.25) is 0 Å². The predicted octanol–water partition coefficient (Wildman–Crippen LogP) is 0.330. The third kappa shape index (κ3) is 2.49. The number of H-pyrrole nitrogens is 1. The number of aromatic amines is 1. The molecule has 0 amide bonds. The molecule has 1 aliphatic heterocycles. The molecule has 0 radical (unpaired) electrons. The Balaban J connectivity index is 1.75. The summed E-state index contributed by atoms with van der Waals surface area (Å²) in [5.74, 6) is 1.10. The third-order valence-electron chi connectivity index (χ3n) is 2.60. The first-order valence-corrected chi connectivity index (χ1v) is 5.14. The SMILES string of the molecule is CN1CCNC(CNc2ccc[nH]2)C1. The lowest BCUT2D eigenvalue weighted by Crippen LogP contribution is -2.51. The normalized spacial score (nSPS) is 23.6. The number of nitrogens with zero attached hydrogens (tertiary/aromatic N) is 1. The first kappa shape index (κ1) is 9.55. The van der Waals surface area contributed by atoms with E-state index in [4.69, 9.17) is 0 Å². The maximum atomic E-state index is 3.49. The third-order valence-corrected chi connectivity index (χ3v) is 2.60. The van der Waals surface area contributed by atoms with Gasteiger partial charge in [0.25, 0.3) is 0 Å². The molecule has 1 saturated heterocycles. The van der Waals surface area contributed by atoms with Crippen molar-refractivity contribution in [1.29, 1.82) is 0 Å². The van der Waals surface area contributed by atoms with E-state index < -0.39 is 0 Å². The fourth-order valence-electron chi connectivity index (χ4n) is 1.80. The molecule has 2 rings (SSSR count). The highest BCUT2D eigenvalue weighted by Crippen LogP contribution is 2.02. The van der Waals surface area contributed by atoms with Gasteiger partial charge in [0.1, 0.15) is 5.82 Å². The molecule has 0 saturated carbocycles. The molecule has 1 atom stereocenters. The zero-order chi connectivity index (χ0) is 9.80. The zero-order valence-electron chi connectivity index (χ0n) is 8.59. The summed E-state index contributed by atoms with van der Waals surface area (Å²) in [6.45, 7) is 4.34. The van der Waals surface area contributed by atoms with Crippen molar-refractivity contribution in [2.75, 3.05) is 38.5 Å². The summed E-state index contributed by atoms with van der Waals surface area (Å²) >= 11 is 0. The Hall–Kier alpha value is -1.00. The second kappa shape index (κ2) is 4.48. The van der Waals surface area contributed by atoms with Gasteiger partial charge in [0, 0.05) is 38.4 Å². The number of anilines is 1. The summed E-state index contributed by atoms with van der Waals surface area (Å²) in [6.07, 6.45) is 1.93. The smallest absolute Gasteiger partial charge is 0.103 e. The monoisotopic (exact) mass is 194 g/mol. The van der Waals surface area contributed by atoms with Gasteiger partial charge in [-0.15, -0.1) is 0 Å². The Bertz CT molecular complexity index is 257. The highest BCUT2D eigenvalue weighted by atomic mass is 15.2. The maximum absolute atomic E-state index is 3.49. The highest BCUT2D eigenvalue weighted by Gasteiger charge is 2.15. The second-order valence-electron chi connectivity index (χ2n) is 3.88. The number of piperazine rings is 1. The van der Waals surface area contributed by atoms with Crippen LogP contribution in [0.15, 0.2) is 18.3 Å². The molecule has 1 aliphatic rings. The molecule has 4 nitrogen and oxygen atoms in total. The first-order chi connectivity index (χ1) is 6.84. The van der Waals surface area contributed by atoms with Gasteiger partial charge < -0.3 is 20.5 Å². The molecule has 4 heteroatoms. The van der Waals surface area contributed by atoms with E-state index in [1.165, 1.54) is 0 Å². The number of hydrogen-bond donors (Lipinski definition) is 3. The van der Waals surface area contributed by atoms with Gasteiger partial charge in [-0.2, -0.15) is 0 Å². The van der Waals surface area contributed by atoms with Crippen LogP contribution in [0.2, 0.25) is 0 Å². The van der Waals surface area contributed by atoms with Crippen LogP contribution in [-0.4, -0.2) is 49.2 Å². The molecule has 1 fully saturated rings. The minimum absolute atomic E-state index is 0.553. The van der Waals surface area contributed by atoms with Crippen molar-refractivity contribution in [3.05, 3.63) is 18.3 Å². The number of likely N-dealkylation sites (N-methyl/N-ethyl adjacent to an activating group) is 1. The number of rotatable bonds is 3. The van der Waals surface area contributed by atoms with Crippen LogP contribution in [0, 0.1) is 0 Å². The molecular weight excluding hydrogens is 176 g/mol. The van der Waals surface area contributed by atoms with Crippen molar-refractivity contribution in [2.24, 2.45) is 0 Å². The van der Waals surface area contributed by atoms with Crippen molar-refractivity contribution in [3.8, 4) is 0 Å². The maximum Gasteiger partial charge on any atom is 0.103 e. The summed E-state index contributed by atoms with van der Waals surface area (Å²) in [7, 11) is 2.17. The summed E-state index contributed by atoms with van der Waals surface area (Å²) in [5, 5.41) is 6.86. The van der Waals surface area contributed by atoms with E-state index in [0.717, 1.165) is 32.0 Å². The molecule has 14 heavy (non-hydrogen) atoms. The van der Waals surface area contributed by atoms with E-state index in [-0.39, 0.29) is 0 Å². The van der Waals surface area contributed by atoms with Crippen molar-refractivity contribution >= 4 is 5.82 Å². The van der Waals surface area contributed by atoms with E-state index in [2.05, 4.69) is 27.6 Å². The minimum Gasteiger partial charge on any atom is -0.370 e. The molecule has 0 aromatic carbocycles.